The highest BCUT2D eigenvalue weighted by molar-refractivity contribution is 5.79. The number of carbonyl (C=O) groups excluding carboxylic acids is 1. The van der Waals surface area contributed by atoms with E-state index < -0.39 is 0 Å². The zero-order valence-electron chi connectivity index (χ0n) is 11.4. The molecule has 2 heterocycles. The van der Waals surface area contributed by atoms with Crippen LogP contribution in [0.4, 0.5) is 0 Å². The van der Waals surface area contributed by atoms with Crippen LogP contribution in [0, 0.1) is 0 Å². The van der Waals surface area contributed by atoms with Crippen LogP contribution in [0.1, 0.15) is 39.0 Å². The Morgan fingerprint density at radius 1 is 1.28 bits per heavy atom. The molecule has 4 heteroatoms. The van der Waals surface area contributed by atoms with Crippen molar-refractivity contribution in [1.29, 1.82) is 0 Å². The number of ether oxygens (including phenoxy) is 1. The minimum absolute atomic E-state index is 0.193. The quantitative estimate of drug-likeness (QED) is 0.755. The summed E-state index contributed by atoms with van der Waals surface area (Å²) in [6.45, 7) is 6.25. The molecular formula is C14H24N2O2. The highest BCUT2D eigenvalue weighted by Gasteiger charge is 2.63. The topological polar surface area (TPSA) is 32.8 Å². The van der Waals surface area contributed by atoms with Crippen LogP contribution in [0.3, 0.4) is 0 Å². The summed E-state index contributed by atoms with van der Waals surface area (Å²) in [5.74, 6) is 0.205. The molecule has 2 aliphatic heterocycles. The summed E-state index contributed by atoms with van der Waals surface area (Å²) in [7, 11) is 0. The summed E-state index contributed by atoms with van der Waals surface area (Å²) in [5, 5.41) is 0. The van der Waals surface area contributed by atoms with Crippen molar-refractivity contribution in [2.24, 2.45) is 0 Å². The third kappa shape index (κ3) is 1.95. The molecule has 1 spiro atoms. The summed E-state index contributed by atoms with van der Waals surface area (Å²) in [4.78, 5) is 16.9. The molecule has 0 aromatic carbocycles. The summed E-state index contributed by atoms with van der Waals surface area (Å²) < 4.78 is 5.28. The van der Waals surface area contributed by atoms with Gasteiger partial charge in [-0.1, -0.05) is 0 Å². The fraction of sp³-hybridized carbons (Fsp3) is 0.929. The Morgan fingerprint density at radius 2 is 2.06 bits per heavy atom. The lowest BCUT2D eigenvalue weighted by Gasteiger charge is -2.28. The molecule has 0 aromatic rings. The Balaban J connectivity index is 1.63. The van der Waals surface area contributed by atoms with Gasteiger partial charge in [0.1, 0.15) is 6.61 Å². The monoisotopic (exact) mass is 252 g/mol. The average Bonchev–Trinajstić information content (AvgIpc) is 2.79. The summed E-state index contributed by atoms with van der Waals surface area (Å²) in [6, 6.07) is 0.646. The van der Waals surface area contributed by atoms with Crippen LogP contribution in [0.5, 0.6) is 0 Å². The second-order valence-corrected chi connectivity index (χ2v) is 5.85. The maximum Gasteiger partial charge on any atom is 0.249 e. The van der Waals surface area contributed by atoms with E-state index in [-0.39, 0.29) is 18.1 Å². The summed E-state index contributed by atoms with van der Waals surface area (Å²) >= 11 is 0. The lowest BCUT2D eigenvalue weighted by atomic mass is 10.2. The van der Waals surface area contributed by atoms with Crippen molar-refractivity contribution >= 4 is 5.91 Å². The average molecular weight is 252 g/mol. The SMILES string of the molecule is CCOCC(=O)N1CCCC12CC2N1CCCC1. The Labute approximate surface area is 109 Å². The zero-order valence-corrected chi connectivity index (χ0v) is 11.4. The van der Waals surface area contributed by atoms with Gasteiger partial charge in [-0.05, 0) is 52.1 Å². The van der Waals surface area contributed by atoms with Gasteiger partial charge in [-0.25, -0.2) is 0 Å². The number of nitrogens with zero attached hydrogens (tertiary/aromatic N) is 2. The van der Waals surface area contributed by atoms with Crippen LogP contribution < -0.4 is 0 Å². The van der Waals surface area contributed by atoms with E-state index in [0.717, 1.165) is 6.54 Å². The van der Waals surface area contributed by atoms with Gasteiger partial charge in [0.05, 0.1) is 5.54 Å². The molecular weight excluding hydrogens is 228 g/mol. The fourth-order valence-corrected chi connectivity index (χ4v) is 3.90. The van der Waals surface area contributed by atoms with Crippen molar-refractivity contribution in [3.8, 4) is 0 Å². The Hall–Kier alpha value is -0.610. The molecule has 0 radical (unpaired) electrons. The second kappa shape index (κ2) is 4.82. The third-order valence-electron chi connectivity index (χ3n) is 4.85. The smallest absolute Gasteiger partial charge is 0.249 e. The van der Waals surface area contributed by atoms with Crippen molar-refractivity contribution < 1.29 is 9.53 Å². The van der Waals surface area contributed by atoms with Crippen molar-refractivity contribution in [1.82, 2.24) is 9.80 Å². The first-order chi connectivity index (χ1) is 8.78. The maximum absolute atomic E-state index is 12.2. The van der Waals surface area contributed by atoms with Gasteiger partial charge in [0.2, 0.25) is 5.91 Å². The number of amides is 1. The van der Waals surface area contributed by atoms with Gasteiger partial charge in [-0.2, -0.15) is 0 Å². The zero-order chi connectivity index (χ0) is 12.6. The van der Waals surface area contributed by atoms with E-state index in [2.05, 4.69) is 9.80 Å². The molecule has 1 saturated carbocycles. The van der Waals surface area contributed by atoms with E-state index in [0.29, 0.717) is 12.6 Å². The van der Waals surface area contributed by atoms with Gasteiger partial charge in [0.25, 0.3) is 0 Å². The van der Waals surface area contributed by atoms with Crippen molar-refractivity contribution in [2.45, 2.75) is 50.6 Å². The molecule has 3 rings (SSSR count). The predicted molar refractivity (Wildman–Crippen MR) is 69.4 cm³/mol. The van der Waals surface area contributed by atoms with E-state index >= 15 is 0 Å². The second-order valence-electron chi connectivity index (χ2n) is 5.85. The number of carbonyl (C=O) groups is 1. The first-order valence-corrected chi connectivity index (χ1v) is 7.40. The number of hydrogen-bond acceptors (Lipinski definition) is 3. The molecule has 2 saturated heterocycles. The van der Waals surface area contributed by atoms with Crippen LogP contribution in [0.15, 0.2) is 0 Å². The largest absolute Gasteiger partial charge is 0.372 e. The predicted octanol–water partition coefficient (Wildman–Crippen LogP) is 1.25. The van der Waals surface area contributed by atoms with E-state index in [9.17, 15) is 4.79 Å². The van der Waals surface area contributed by atoms with Gasteiger partial charge < -0.3 is 9.64 Å². The summed E-state index contributed by atoms with van der Waals surface area (Å²) in [6.07, 6.45) is 6.23. The van der Waals surface area contributed by atoms with E-state index in [1.165, 1.54) is 45.2 Å². The van der Waals surface area contributed by atoms with Crippen LogP contribution in [0.25, 0.3) is 0 Å². The number of hydrogen-bond donors (Lipinski definition) is 0. The lowest BCUT2D eigenvalue weighted by Crippen LogP contribution is -2.44. The molecule has 3 fully saturated rings. The first-order valence-electron chi connectivity index (χ1n) is 7.40. The van der Waals surface area contributed by atoms with Gasteiger partial charge in [-0.15, -0.1) is 0 Å². The van der Waals surface area contributed by atoms with Gasteiger partial charge in [0, 0.05) is 19.2 Å². The number of rotatable bonds is 4. The van der Waals surface area contributed by atoms with Crippen LogP contribution in [-0.4, -0.2) is 60.1 Å². The van der Waals surface area contributed by atoms with Gasteiger partial charge in [0.15, 0.2) is 0 Å². The molecule has 18 heavy (non-hydrogen) atoms. The van der Waals surface area contributed by atoms with Crippen molar-refractivity contribution in [3.63, 3.8) is 0 Å². The molecule has 2 atom stereocenters. The highest BCUT2D eigenvalue weighted by atomic mass is 16.5. The third-order valence-corrected chi connectivity index (χ3v) is 4.85. The highest BCUT2D eigenvalue weighted by Crippen LogP contribution is 2.53. The molecule has 0 aromatic heterocycles. The minimum Gasteiger partial charge on any atom is -0.372 e. The molecule has 4 nitrogen and oxygen atoms in total. The normalized spacial score (nSPS) is 35.6. The molecule has 2 unspecified atom stereocenters. The van der Waals surface area contributed by atoms with Crippen LogP contribution in [0.2, 0.25) is 0 Å². The van der Waals surface area contributed by atoms with Crippen molar-refractivity contribution in [2.75, 3.05) is 32.8 Å². The number of likely N-dealkylation sites (tertiary alicyclic amines) is 2. The van der Waals surface area contributed by atoms with Gasteiger partial charge >= 0.3 is 0 Å². The minimum atomic E-state index is 0.193. The first kappa shape index (κ1) is 12.4. The van der Waals surface area contributed by atoms with Crippen molar-refractivity contribution in [3.05, 3.63) is 0 Å². The molecule has 1 amide bonds. The van der Waals surface area contributed by atoms with E-state index in [4.69, 9.17) is 4.74 Å². The Bertz CT molecular complexity index is 328. The molecule has 1 aliphatic carbocycles. The molecule has 102 valence electrons. The standard InChI is InChI=1S/C14H24N2O2/c1-2-18-11-13(17)16-9-5-6-14(16)10-12(14)15-7-3-4-8-15/h12H,2-11H2,1H3. The van der Waals surface area contributed by atoms with E-state index in [1.54, 1.807) is 0 Å². The van der Waals surface area contributed by atoms with Gasteiger partial charge in [-0.3, -0.25) is 9.69 Å². The summed E-state index contributed by atoms with van der Waals surface area (Å²) in [5.41, 5.74) is 0.193. The van der Waals surface area contributed by atoms with Crippen LogP contribution in [-0.2, 0) is 9.53 Å². The molecule has 3 aliphatic rings. The fourth-order valence-electron chi connectivity index (χ4n) is 3.90. The Kier molecular flexibility index (Phi) is 3.32. The molecule has 0 N–H and O–H groups in total. The van der Waals surface area contributed by atoms with Crippen LogP contribution >= 0.6 is 0 Å². The maximum atomic E-state index is 12.2. The lowest BCUT2D eigenvalue weighted by molar-refractivity contribution is -0.137. The Morgan fingerprint density at radius 3 is 2.78 bits per heavy atom. The molecule has 0 bridgehead atoms. The van der Waals surface area contributed by atoms with E-state index in [1.807, 2.05) is 6.92 Å².